The van der Waals surface area contributed by atoms with Crippen molar-refractivity contribution in [1.82, 2.24) is 9.78 Å². The Labute approximate surface area is 277 Å². The molecule has 1 aromatic rings. The van der Waals surface area contributed by atoms with E-state index in [0.717, 1.165) is 24.8 Å². The first-order chi connectivity index (χ1) is 21.9. The van der Waals surface area contributed by atoms with Crippen LogP contribution in [0.2, 0.25) is 0 Å². The lowest BCUT2D eigenvalue weighted by Crippen LogP contribution is -2.67. The summed E-state index contributed by atoms with van der Waals surface area (Å²) in [6.07, 6.45) is 9.57. The molecular formula is C37H52N2O8. The van der Waals surface area contributed by atoms with E-state index in [2.05, 4.69) is 32.8 Å². The third kappa shape index (κ3) is 4.30. The molecule has 10 atom stereocenters. The Morgan fingerprint density at radius 1 is 0.957 bits per heavy atom. The molecule has 0 bridgehead atoms. The van der Waals surface area contributed by atoms with E-state index in [9.17, 15) is 29.4 Å². The number of ketones is 1. The van der Waals surface area contributed by atoms with Gasteiger partial charge in [-0.1, -0.05) is 33.3 Å². The van der Waals surface area contributed by atoms with Crippen LogP contribution in [0.15, 0.2) is 17.8 Å². The monoisotopic (exact) mass is 652 g/mol. The maximum atomic E-state index is 14.7. The fraction of sp³-hybridized carbons (Fsp3) is 0.757. The molecule has 0 unspecified atom stereocenters. The summed E-state index contributed by atoms with van der Waals surface area (Å²) in [5, 5.41) is 25.7. The van der Waals surface area contributed by atoms with E-state index in [4.69, 9.17) is 9.47 Å². The molecule has 0 spiro atoms. The largest absolute Gasteiger partial charge is 0.481 e. The number of aromatic nitrogens is 2. The fourth-order valence-electron chi connectivity index (χ4n) is 11.8. The standard InChI is InChI=1S/C37H52N2O8/c1-9-47-29(41)21-20-38-39(28(21)46-8)26-11-12-34(4)25(37(26,7)31(44)45)10-13-36(6)27(34)24(40)18-22-23-19-33(3,30(42)43)15-14-32(23,2)16-17-35(22,36)5/h18,20,23,25-27H,9-17,19H2,1-8H3,(H,42,43)(H,44,45)/t23-,25+,26-,27+,32+,33-,34-,35+,36+,37-/m0/s1. The van der Waals surface area contributed by atoms with E-state index in [0.29, 0.717) is 38.5 Å². The average Bonchev–Trinajstić information content (AvgIpc) is 3.43. The van der Waals surface area contributed by atoms with E-state index in [-0.39, 0.29) is 52.4 Å². The number of allylic oxidation sites excluding steroid dienone is 2. The molecule has 1 heterocycles. The number of rotatable bonds is 6. The van der Waals surface area contributed by atoms with E-state index >= 15 is 0 Å². The summed E-state index contributed by atoms with van der Waals surface area (Å²) in [6.45, 7) is 14.5. The zero-order chi connectivity index (χ0) is 34.5. The van der Waals surface area contributed by atoms with Crippen molar-refractivity contribution in [2.45, 2.75) is 112 Å². The van der Waals surface area contributed by atoms with Crippen LogP contribution in [0, 0.1) is 50.2 Å². The highest BCUT2D eigenvalue weighted by molar-refractivity contribution is 5.96. The van der Waals surface area contributed by atoms with Gasteiger partial charge in [0.05, 0.1) is 36.8 Å². The molecule has 10 heteroatoms. The lowest BCUT2D eigenvalue weighted by atomic mass is 9.33. The van der Waals surface area contributed by atoms with Gasteiger partial charge in [-0.3, -0.25) is 14.4 Å². The summed E-state index contributed by atoms with van der Waals surface area (Å²) in [6, 6.07) is -0.604. The molecule has 0 radical (unpaired) electrons. The molecule has 4 fully saturated rings. The summed E-state index contributed by atoms with van der Waals surface area (Å²) in [5.41, 5.74) is -2.21. The zero-order valence-corrected chi connectivity index (χ0v) is 29.3. The van der Waals surface area contributed by atoms with Crippen LogP contribution in [0.5, 0.6) is 5.88 Å². The number of hydrogen-bond acceptors (Lipinski definition) is 7. The number of carbonyl (C=O) groups excluding carboxylic acids is 2. The summed E-state index contributed by atoms with van der Waals surface area (Å²) in [4.78, 5) is 53.3. The number of nitrogens with zero attached hydrogens (tertiary/aromatic N) is 2. The van der Waals surface area contributed by atoms with Crippen molar-refractivity contribution in [2.24, 2.45) is 50.2 Å². The Balaban J connectivity index is 1.43. The van der Waals surface area contributed by atoms with Crippen molar-refractivity contribution >= 4 is 23.7 Å². The molecule has 6 rings (SSSR count). The van der Waals surface area contributed by atoms with Gasteiger partial charge in [-0.15, -0.1) is 0 Å². The van der Waals surface area contributed by atoms with Gasteiger partial charge in [0, 0.05) is 5.92 Å². The van der Waals surface area contributed by atoms with Gasteiger partial charge < -0.3 is 19.7 Å². The molecular weight excluding hydrogens is 600 g/mol. The number of ether oxygens (including phenoxy) is 2. The van der Waals surface area contributed by atoms with E-state index in [1.165, 1.54) is 13.3 Å². The number of carbonyl (C=O) groups is 4. The Hall–Kier alpha value is -3.17. The van der Waals surface area contributed by atoms with Crippen molar-refractivity contribution < 1.29 is 38.9 Å². The molecule has 4 saturated carbocycles. The quantitative estimate of drug-likeness (QED) is 0.319. The third-order valence-corrected chi connectivity index (χ3v) is 14.9. The van der Waals surface area contributed by atoms with Gasteiger partial charge in [0.1, 0.15) is 5.56 Å². The highest BCUT2D eigenvalue weighted by Gasteiger charge is 2.72. The second kappa shape index (κ2) is 10.7. The highest BCUT2D eigenvalue weighted by Crippen LogP contribution is 2.76. The van der Waals surface area contributed by atoms with Gasteiger partial charge in [0.25, 0.3) is 0 Å². The first-order valence-electron chi connectivity index (χ1n) is 17.4. The molecule has 1 aromatic heterocycles. The molecule has 2 N–H and O–H groups in total. The lowest BCUT2D eigenvalue weighted by molar-refractivity contribution is -0.205. The number of aliphatic carboxylic acids is 2. The minimum atomic E-state index is -1.30. The van der Waals surface area contributed by atoms with Gasteiger partial charge >= 0.3 is 17.9 Å². The number of hydrogen-bond donors (Lipinski definition) is 2. The third-order valence-electron chi connectivity index (χ3n) is 14.9. The molecule has 0 aliphatic heterocycles. The molecule has 5 aliphatic carbocycles. The van der Waals surface area contributed by atoms with Crippen LogP contribution in [0.4, 0.5) is 0 Å². The van der Waals surface area contributed by atoms with Gasteiger partial charge in [0.15, 0.2) is 5.78 Å². The van der Waals surface area contributed by atoms with E-state index in [1.54, 1.807) is 18.5 Å². The van der Waals surface area contributed by atoms with E-state index < -0.39 is 45.6 Å². The number of esters is 1. The van der Waals surface area contributed by atoms with Crippen LogP contribution < -0.4 is 4.74 Å². The summed E-state index contributed by atoms with van der Waals surface area (Å²) < 4.78 is 12.4. The van der Waals surface area contributed by atoms with E-state index in [1.807, 2.05) is 13.0 Å². The number of carboxylic acid groups (broad SMARTS) is 2. The number of methoxy groups -OCH3 is 1. The summed E-state index contributed by atoms with van der Waals surface area (Å²) >= 11 is 0. The van der Waals surface area contributed by atoms with Crippen molar-refractivity contribution in [3.05, 3.63) is 23.4 Å². The number of carboxylic acids is 2. The fourth-order valence-corrected chi connectivity index (χ4v) is 11.8. The molecule has 258 valence electrons. The van der Waals surface area contributed by atoms with Crippen molar-refractivity contribution in [3.63, 3.8) is 0 Å². The molecule has 10 nitrogen and oxygen atoms in total. The second-order valence-electron chi connectivity index (χ2n) is 16.9. The maximum absolute atomic E-state index is 14.7. The topological polar surface area (TPSA) is 145 Å². The van der Waals surface area contributed by atoms with Crippen LogP contribution in [-0.4, -0.2) is 57.4 Å². The normalized spacial score (nSPS) is 44.2. The van der Waals surface area contributed by atoms with Crippen LogP contribution in [0.1, 0.15) is 123 Å². The molecule has 0 saturated heterocycles. The predicted octanol–water partition coefficient (Wildman–Crippen LogP) is 6.74. The summed E-state index contributed by atoms with van der Waals surface area (Å²) in [5.74, 6) is -2.75. The minimum Gasteiger partial charge on any atom is -0.481 e. The first-order valence-corrected chi connectivity index (χ1v) is 17.4. The summed E-state index contributed by atoms with van der Waals surface area (Å²) in [7, 11) is 1.44. The van der Waals surface area contributed by atoms with Crippen molar-refractivity contribution in [2.75, 3.05) is 13.7 Å². The molecule has 0 amide bonds. The van der Waals surface area contributed by atoms with Gasteiger partial charge in [0.2, 0.25) is 5.88 Å². The zero-order valence-electron chi connectivity index (χ0n) is 29.3. The molecule has 0 aromatic carbocycles. The van der Waals surface area contributed by atoms with Crippen LogP contribution in [0.3, 0.4) is 0 Å². The van der Waals surface area contributed by atoms with Crippen molar-refractivity contribution in [1.29, 1.82) is 0 Å². The Kier molecular flexibility index (Phi) is 7.65. The SMILES string of the molecule is CCOC(=O)c1cnn([C@H]2CC[C@@]3(C)[C@@H](CC[C@]4(C)[C@@H]3C(=O)C=C3[C@@H]5C[C@@](C)(C(=O)O)CC[C@]5(C)CC[C@]34C)[C@]2(C)C(=O)O)c1OC. The van der Waals surface area contributed by atoms with Gasteiger partial charge in [-0.05, 0) is 118 Å². The number of fused-ring (bicyclic) bond motifs is 7. The van der Waals surface area contributed by atoms with Crippen LogP contribution in [0.25, 0.3) is 0 Å². The second-order valence-corrected chi connectivity index (χ2v) is 16.9. The van der Waals surface area contributed by atoms with Gasteiger partial charge in [-0.2, -0.15) is 5.10 Å². The lowest BCUT2D eigenvalue weighted by Gasteiger charge is -2.70. The van der Waals surface area contributed by atoms with Crippen molar-refractivity contribution in [3.8, 4) is 5.88 Å². The van der Waals surface area contributed by atoms with Crippen LogP contribution >= 0.6 is 0 Å². The minimum absolute atomic E-state index is 0.0178. The Morgan fingerprint density at radius 3 is 2.26 bits per heavy atom. The maximum Gasteiger partial charge on any atom is 0.345 e. The first kappa shape index (κ1) is 33.7. The highest BCUT2D eigenvalue weighted by atomic mass is 16.5. The van der Waals surface area contributed by atoms with Gasteiger partial charge in [-0.25, -0.2) is 9.48 Å². The van der Waals surface area contributed by atoms with Crippen LogP contribution in [-0.2, 0) is 19.1 Å². The smallest absolute Gasteiger partial charge is 0.345 e. The predicted molar refractivity (Wildman–Crippen MR) is 173 cm³/mol. The molecule has 5 aliphatic rings. The Morgan fingerprint density at radius 2 is 1.64 bits per heavy atom. The average molecular weight is 653 g/mol. The molecule has 47 heavy (non-hydrogen) atoms. The Bertz CT molecular complexity index is 1560.